The predicted octanol–water partition coefficient (Wildman–Crippen LogP) is 5.32. The average Bonchev–Trinajstić information content (AvgIpc) is 2.37. The summed E-state index contributed by atoms with van der Waals surface area (Å²) in [6.07, 6.45) is 13.3. The van der Waals surface area contributed by atoms with Crippen molar-refractivity contribution in [3.05, 3.63) is 47.5 Å². The average molecular weight is 230 g/mol. The van der Waals surface area contributed by atoms with E-state index in [2.05, 4.69) is 50.3 Å². The second-order valence-corrected chi connectivity index (χ2v) is 4.73. The summed E-state index contributed by atoms with van der Waals surface area (Å²) >= 11 is 0. The molecule has 0 saturated heterocycles. The highest BCUT2D eigenvalue weighted by atomic mass is 14.0. The molecular formula is C17H26. The molecule has 0 radical (unpaired) electrons. The molecule has 0 spiro atoms. The minimum absolute atomic E-state index is 1.16. The van der Waals surface area contributed by atoms with Crippen LogP contribution in [-0.2, 0) is 12.8 Å². The van der Waals surface area contributed by atoms with Gasteiger partial charge in [0.05, 0.1) is 0 Å². The first-order valence-electron chi connectivity index (χ1n) is 7.05. The fraction of sp³-hybridized carbons (Fsp3) is 0.529. The van der Waals surface area contributed by atoms with E-state index in [1.807, 2.05) is 0 Å². The molecule has 1 aromatic rings. The SMILES string of the molecule is C/C=C/CCc1ccc(CCCCCC)cc1. The summed E-state index contributed by atoms with van der Waals surface area (Å²) in [6.45, 7) is 4.35. The van der Waals surface area contributed by atoms with Crippen LogP contribution in [0.2, 0.25) is 0 Å². The third kappa shape index (κ3) is 6.31. The van der Waals surface area contributed by atoms with Crippen LogP contribution in [0.15, 0.2) is 36.4 Å². The monoisotopic (exact) mass is 230 g/mol. The molecule has 0 atom stereocenters. The molecule has 94 valence electrons. The van der Waals surface area contributed by atoms with Gasteiger partial charge in [-0.2, -0.15) is 0 Å². The van der Waals surface area contributed by atoms with Crippen LogP contribution in [0, 0.1) is 0 Å². The van der Waals surface area contributed by atoms with Gasteiger partial charge in [-0.15, -0.1) is 0 Å². The molecule has 0 nitrogen and oxygen atoms in total. The Balaban J connectivity index is 2.29. The van der Waals surface area contributed by atoms with E-state index in [0.717, 1.165) is 6.42 Å². The lowest BCUT2D eigenvalue weighted by atomic mass is 10.0. The second kappa shape index (κ2) is 9.04. The van der Waals surface area contributed by atoms with E-state index >= 15 is 0 Å². The zero-order chi connectivity index (χ0) is 12.3. The molecule has 0 aliphatic heterocycles. The van der Waals surface area contributed by atoms with Gasteiger partial charge in [-0.25, -0.2) is 0 Å². The molecule has 0 N–H and O–H groups in total. The Morgan fingerprint density at radius 1 is 0.882 bits per heavy atom. The summed E-state index contributed by atoms with van der Waals surface area (Å²) in [5, 5.41) is 0. The van der Waals surface area contributed by atoms with Gasteiger partial charge in [0.1, 0.15) is 0 Å². The van der Waals surface area contributed by atoms with E-state index in [9.17, 15) is 0 Å². The standard InChI is InChI=1S/C17H26/c1-3-5-7-9-11-17-14-12-16(13-15-17)10-8-6-4-2/h4,6,12-15H,3,5,7-11H2,1-2H3/b6-4+. The Hall–Kier alpha value is -1.04. The quantitative estimate of drug-likeness (QED) is 0.419. The van der Waals surface area contributed by atoms with Crippen molar-refractivity contribution in [2.24, 2.45) is 0 Å². The zero-order valence-electron chi connectivity index (χ0n) is 11.4. The Morgan fingerprint density at radius 2 is 1.53 bits per heavy atom. The van der Waals surface area contributed by atoms with Gasteiger partial charge in [0.2, 0.25) is 0 Å². The number of rotatable bonds is 8. The third-order valence-corrected chi connectivity index (χ3v) is 3.18. The van der Waals surface area contributed by atoms with Crippen LogP contribution in [0.25, 0.3) is 0 Å². The Bertz CT molecular complexity index is 305. The van der Waals surface area contributed by atoms with E-state index in [0.29, 0.717) is 0 Å². The first kappa shape index (κ1) is 14.0. The van der Waals surface area contributed by atoms with Crippen molar-refractivity contribution < 1.29 is 0 Å². The van der Waals surface area contributed by atoms with Gasteiger partial charge in [-0.1, -0.05) is 62.6 Å². The number of benzene rings is 1. The lowest BCUT2D eigenvalue weighted by Crippen LogP contribution is -1.88. The van der Waals surface area contributed by atoms with Crippen molar-refractivity contribution in [2.45, 2.75) is 58.8 Å². The summed E-state index contributed by atoms with van der Waals surface area (Å²) in [4.78, 5) is 0. The Labute approximate surface area is 107 Å². The lowest BCUT2D eigenvalue weighted by Gasteiger charge is -2.03. The third-order valence-electron chi connectivity index (χ3n) is 3.18. The molecule has 0 aliphatic carbocycles. The molecule has 0 heteroatoms. The fourth-order valence-electron chi connectivity index (χ4n) is 2.05. The van der Waals surface area contributed by atoms with Crippen molar-refractivity contribution in [1.82, 2.24) is 0 Å². The minimum Gasteiger partial charge on any atom is -0.0917 e. The molecule has 0 fully saturated rings. The van der Waals surface area contributed by atoms with Gasteiger partial charge < -0.3 is 0 Å². The Morgan fingerprint density at radius 3 is 2.12 bits per heavy atom. The molecule has 0 unspecified atom stereocenters. The van der Waals surface area contributed by atoms with Crippen molar-refractivity contribution in [3.63, 3.8) is 0 Å². The van der Waals surface area contributed by atoms with Crippen LogP contribution in [-0.4, -0.2) is 0 Å². The highest BCUT2D eigenvalue weighted by Gasteiger charge is 1.95. The number of aryl methyl sites for hydroxylation is 2. The zero-order valence-corrected chi connectivity index (χ0v) is 11.4. The van der Waals surface area contributed by atoms with E-state index in [1.165, 1.54) is 49.7 Å². The molecule has 0 aliphatic rings. The number of unbranched alkanes of at least 4 members (excludes halogenated alkanes) is 3. The first-order valence-corrected chi connectivity index (χ1v) is 7.05. The van der Waals surface area contributed by atoms with Crippen molar-refractivity contribution in [2.75, 3.05) is 0 Å². The largest absolute Gasteiger partial charge is 0.0917 e. The Kier molecular flexibility index (Phi) is 7.46. The molecule has 0 heterocycles. The summed E-state index contributed by atoms with van der Waals surface area (Å²) in [5.41, 5.74) is 2.95. The number of allylic oxidation sites excluding steroid dienone is 2. The second-order valence-electron chi connectivity index (χ2n) is 4.73. The summed E-state index contributed by atoms with van der Waals surface area (Å²) in [5.74, 6) is 0. The van der Waals surface area contributed by atoms with E-state index in [1.54, 1.807) is 0 Å². The lowest BCUT2D eigenvalue weighted by molar-refractivity contribution is 0.667. The van der Waals surface area contributed by atoms with Gasteiger partial charge in [-0.3, -0.25) is 0 Å². The predicted molar refractivity (Wildman–Crippen MR) is 77.4 cm³/mol. The summed E-state index contributed by atoms with van der Waals surface area (Å²) < 4.78 is 0. The molecular weight excluding hydrogens is 204 g/mol. The van der Waals surface area contributed by atoms with Gasteiger partial charge in [-0.05, 0) is 43.7 Å². The first-order chi connectivity index (χ1) is 8.36. The maximum absolute atomic E-state index is 2.30. The smallest absolute Gasteiger partial charge is 0.0244 e. The maximum atomic E-state index is 2.30. The highest BCUT2D eigenvalue weighted by Crippen LogP contribution is 2.11. The maximum Gasteiger partial charge on any atom is -0.0244 e. The van der Waals surface area contributed by atoms with Crippen LogP contribution in [0.4, 0.5) is 0 Å². The molecule has 0 bridgehead atoms. The number of hydrogen-bond acceptors (Lipinski definition) is 0. The summed E-state index contributed by atoms with van der Waals surface area (Å²) in [7, 11) is 0. The van der Waals surface area contributed by atoms with Crippen molar-refractivity contribution in [1.29, 1.82) is 0 Å². The van der Waals surface area contributed by atoms with E-state index < -0.39 is 0 Å². The van der Waals surface area contributed by atoms with Gasteiger partial charge in [0.15, 0.2) is 0 Å². The fourth-order valence-corrected chi connectivity index (χ4v) is 2.05. The van der Waals surface area contributed by atoms with E-state index in [4.69, 9.17) is 0 Å². The normalized spacial score (nSPS) is 11.2. The molecule has 1 aromatic carbocycles. The van der Waals surface area contributed by atoms with Gasteiger partial charge in [0, 0.05) is 0 Å². The number of hydrogen-bond donors (Lipinski definition) is 0. The van der Waals surface area contributed by atoms with Crippen LogP contribution < -0.4 is 0 Å². The van der Waals surface area contributed by atoms with Crippen LogP contribution >= 0.6 is 0 Å². The molecule has 0 saturated carbocycles. The molecule has 17 heavy (non-hydrogen) atoms. The molecule has 0 amide bonds. The van der Waals surface area contributed by atoms with E-state index in [-0.39, 0.29) is 0 Å². The molecule has 0 aromatic heterocycles. The topological polar surface area (TPSA) is 0 Å². The molecule has 1 rings (SSSR count). The minimum atomic E-state index is 1.16. The highest BCUT2D eigenvalue weighted by molar-refractivity contribution is 5.23. The van der Waals surface area contributed by atoms with Crippen LogP contribution in [0.3, 0.4) is 0 Å². The van der Waals surface area contributed by atoms with Gasteiger partial charge in [0.25, 0.3) is 0 Å². The van der Waals surface area contributed by atoms with Crippen LogP contribution in [0.1, 0.15) is 57.1 Å². The van der Waals surface area contributed by atoms with Crippen molar-refractivity contribution in [3.8, 4) is 0 Å². The summed E-state index contributed by atoms with van der Waals surface area (Å²) in [6, 6.07) is 9.19. The van der Waals surface area contributed by atoms with Crippen LogP contribution in [0.5, 0.6) is 0 Å². The van der Waals surface area contributed by atoms with Crippen molar-refractivity contribution >= 4 is 0 Å². The van der Waals surface area contributed by atoms with Gasteiger partial charge >= 0.3 is 0 Å².